The molecule has 2 atom stereocenters. The van der Waals surface area contributed by atoms with Crippen molar-refractivity contribution >= 4 is 6.03 Å². The smallest absolute Gasteiger partial charge is 0.318 e. The number of ether oxygens (including phenoxy) is 1. The van der Waals surface area contributed by atoms with Gasteiger partial charge >= 0.3 is 6.03 Å². The lowest BCUT2D eigenvalue weighted by atomic mass is 9.99. The second-order valence-electron chi connectivity index (χ2n) is 6.49. The zero-order chi connectivity index (χ0) is 17.8. The van der Waals surface area contributed by atoms with Crippen molar-refractivity contribution in [2.45, 2.75) is 38.3 Å². The summed E-state index contributed by atoms with van der Waals surface area (Å²) in [6.45, 7) is 2.99. The molecule has 25 heavy (non-hydrogen) atoms. The predicted octanol–water partition coefficient (Wildman–Crippen LogP) is 2.95. The van der Waals surface area contributed by atoms with Gasteiger partial charge in [-0.05, 0) is 44.4 Å². The van der Waals surface area contributed by atoms with Crippen LogP contribution in [0.5, 0.6) is 0 Å². The van der Waals surface area contributed by atoms with Crippen molar-refractivity contribution in [1.82, 2.24) is 20.0 Å². The monoisotopic (exact) mass is 346 g/mol. The van der Waals surface area contributed by atoms with E-state index in [1.54, 1.807) is 13.3 Å². The van der Waals surface area contributed by atoms with Crippen LogP contribution in [-0.4, -0.2) is 41.0 Å². The van der Waals surface area contributed by atoms with Gasteiger partial charge in [-0.1, -0.05) is 0 Å². The summed E-state index contributed by atoms with van der Waals surface area (Å²) in [6, 6.07) is 5.40. The molecule has 2 aromatic heterocycles. The number of hydrogen-bond donors (Lipinski definition) is 1. The van der Waals surface area contributed by atoms with E-state index in [9.17, 15) is 4.79 Å². The molecule has 3 heterocycles. The zero-order valence-electron chi connectivity index (χ0n) is 15.1. The Morgan fingerprint density at radius 3 is 2.92 bits per heavy atom. The van der Waals surface area contributed by atoms with E-state index in [4.69, 9.17) is 9.15 Å². The molecule has 2 aromatic rings. The van der Waals surface area contributed by atoms with Gasteiger partial charge in [0.2, 0.25) is 0 Å². The molecule has 7 heteroatoms. The van der Waals surface area contributed by atoms with Crippen molar-refractivity contribution in [3.05, 3.63) is 41.6 Å². The molecule has 1 saturated heterocycles. The van der Waals surface area contributed by atoms with E-state index in [0.29, 0.717) is 12.4 Å². The predicted molar refractivity (Wildman–Crippen MR) is 93.1 cm³/mol. The van der Waals surface area contributed by atoms with E-state index in [1.165, 1.54) is 0 Å². The van der Waals surface area contributed by atoms with Crippen LogP contribution in [0.2, 0.25) is 0 Å². The topological polar surface area (TPSA) is 72.5 Å². The van der Waals surface area contributed by atoms with Gasteiger partial charge in [0.15, 0.2) is 0 Å². The van der Waals surface area contributed by atoms with Crippen molar-refractivity contribution in [1.29, 1.82) is 0 Å². The van der Waals surface area contributed by atoms with Crippen LogP contribution in [0.15, 0.2) is 28.8 Å². The number of likely N-dealkylation sites (tertiary alicyclic amines) is 1. The summed E-state index contributed by atoms with van der Waals surface area (Å²) in [7, 11) is 3.54. The first kappa shape index (κ1) is 17.5. The minimum atomic E-state index is -0.305. The quantitative estimate of drug-likeness (QED) is 0.903. The van der Waals surface area contributed by atoms with Crippen molar-refractivity contribution in [2.75, 3.05) is 20.3 Å². The Hall–Kier alpha value is -2.28. The van der Waals surface area contributed by atoms with Gasteiger partial charge in [0.05, 0.1) is 18.3 Å². The Labute approximate surface area is 147 Å². The van der Waals surface area contributed by atoms with Gasteiger partial charge in [0.25, 0.3) is 0 Å². The molecule has 1 N–H and O–H groups in total. The molecule has 0 unspecified atom stereocenters. The maximum atomic E-state index is 13.0. The molecule has 0 radical (unpaired) electrons. The van der Waals surface area contributed by atoms with Crippen LogP contribution in [-0.2, 0) is 11.8 Å². The number of amides is 2. The number of hydrogen-bond acceptors (Lipinski definition) is 4. The summed E-state index contributed by atoms with van der Waals surface area (Å²) in [4.78, 5) is 14.9. The standard InChI is InChI=1S/C18H26N4O3/c1-13-7-8-17(25-13)14(12-24-3)20-18(23)22-11-5-4-6-16(22)15-9-10-19-21(15)2/h7-10,14,16H,4-6,11-12H2,1-3H3,(H,20,23)/t14-,16+/m1/s1. The van der Waals surface area contributed by atoms with E-state index in [2.05, 4.69) is 10.4 Å². The fourth-order valence-electron chi connectivity index (χ4n) is 3.43. The molecule has 7 nitrogen and oxygen atoms in total. The fourth-order valence-corrected chi connectivity index (χ4v) is 3.43. The molecule has 0 aromatic carbocycles. The first-order chi connectivity index (χ1) is 12.1. The van der Waals surface area contributed by atoms with Crippen LogP contribution >= 0.6 is 0 Å². The molecule has 1 fully saturated rings. The lowest BCUT2D eigenvalue weighted by Gasteiger charge is -2.36. The summed E-state index contributed by atoms with van der Waals surface area (Å²) in [5.41, 5.74) is 1.06. The lowest BCUT2D eigenvalue weighted by molar-refractivity contribution is 0.125. The first-order valence-electron chi connectivity index (χ1n) is 8.70. The van der Waals surface area contributed by atoms with Crippen LogP contribution in [0.25, 0.3) is 0 Å². The molecule has 1 aliphatic rings. The SMILES string of the molecule is COC[C@@H](NC(=O)N1CCCC[C@H]1c1ccnn1C)c1ccc(C)o1. The van der Waals surface area contributed by atoms with Gasteiger partial charge in [-0.2, -0.15) is 5.10 Å². The van der Waals surface area contributed by atoms with Gasteiger partial charge < -0.3 is 19.4 Å². The number of piperidine rings is 1. The lowest BCUT2D eigenvalue weighted by Crippen LogP contribution is -2.46. The van der Waals surface area contributed by atoms with Crippen LogP contribution < -0.4 is 5.32 Å². The Morgan fingerprint density at radius 1 is 1.44 bits per heavy atom. The summed E-state index contributed by atoms with van der Waals surface area (Å²) in [6.07, 6.45) is 4.84. The number of aryl methyl sites for hydroxylation is 2. The maximum Gasteiger partial charge on any atom is 0.318 e. The number of rotatable bonds is 5. The van der Waals surface area contributed by atoms with Crippen LogP contribution in [0, 0.1) is 6.92 Å². The minimum Gasteiger partial charge on any atom is -0.464 e. The van der Waals surface area contributed by atoms with Gasteiger partial charge in [-0.25, -0.2) is 4.79 Å². The van der Waals surface area contributed by atoms with Crippen molar-refractivity contribution in [2.24, 2.45) is 7.05 Å². The van der Waals surface area contributed by atoms with Gasteiger partial charge in [-0.15, -0.1) is 0 Å². The number of nitrogens with one attached hydrogen (secondary N) is 1. The summed E-state index contributed by atoms with van der Waals surface area (Å²) >= 11 is 0. The molecule has 2 amide bonds. The molecule has 3 rings (SSSR count). The van der Waals surface area contributed by atoms with Crippen LogP contribution in [0.1, 0.15) is 48.6 Å². The number of urea groups is 1. The number of methoxy groups -OCH3 is 1. The average molecular weight is 346 g/mol. The fraction of sp³-hybridized carbons (Fsp3) is 0.556. The van der Waals surface area contributed by atoms with Crippen LogP contribution in [0.4, 0.5) is 4.79 Å². The second-order valence-corrected chi connectivity index (χ2v) is 6.49. The molecule has 0 aliphatic carbocycles. The minimum absolute atomic E-state index is 0.0442. The third-order valence-corrected chi connectivity index (χ3v) is 4.70. The maximum absolute atomic E-state index is 13.0. The highest BCUT2D eigenvalue weighted by molar-refractivity contribution is 5.75. The summed E-state index contributed by atoms with van der Waals surface area (Å²) in [5, 5.41) is 7.32. The second kappa shape index (κ2) is 7.74. The summed E-state index contributed by atoms with van der Waals surface area (Å²) < 4.78 is 12.8. The van der Waals surface area contributed by atoms with Gasteiger partial charge in [0, 0.05) is 26.9 Å². The molecular weight excluding hydrogens is 320 g/mol. The zero-order valence-corrected chi connectivity index (χ0v) is 15.1. The Morgan fingerprint density at radius 2 is 2.28 bits per heavy atom. The Balaban J connectivity index is 1.76. The average Bonchev–Trinajstić information content (AvgIpc) is 3.22. The van der Waals surface area contributed by atoms with Crippen LogP contribution in [0.3, 0.4) is 0 Å². The van der Waals surface area contributed by atoms with E-state index in [-0.39, 0.29) is 18.1 Å². The number of carbonyl (C=O) groups excluding carboxylic acids is 1. The molecule has 0 spiro atoms. The number of aromatic nitrogens is 2. The largest absolute Gasteiger partial charge is 0.464 e. The van der Waals surface area contributed by atoms with E-state index < -0.39 is 0 Å². The number of nitrogens with zero attached hydrogens (tertiary/aromatic N) is 3. The highest BCUT2D eigenvalue weighted by atomic mass is 16.5. The number of carbonyl (C=O) groups is 1. The van der Waals surface area contributed by atoms with Gasteiger partial charge in [0.1, 0.15) is 17.6 Å². The molecule has 0 bridgehead atoms. The molecule has 0 saturated carbocycles. The highest BCUT2D eigenvalue weighted by Gasteiger charge is 2.31. The normalized spacial score (nSPS) is 19.0. The molecule has 136 valence electrons. The first-order valence-corrected chi connectivity index (χ1v) is 8.70. The molecule has 1 aliphatic heterocycles. The van der Waals surface area contributed by atoms with Crippen molar-refractivity contribution in [3.8, 4) is 0 Å². The Bertz CT molecular complexity index is 709. The van der Waals surface area contributed by atoms with Gasteiger partial charge in [-0.3, -0.25) is 4.68 Å². The van der Waals surface area contributed by atoms with Crippen molar-refractivity contribution < 1.29 is 13.9 Å². The summed E-state index contributed by atoms with van der Waals surface area (Å²) in [5.74, 6) is 1.53. The van der Waals surface area contributed by atoms with Crippen molar-refractivity contribution in [3.63, 3.8) is 0 Å². The Kier molecular flexibility index (Phi) is 5.43. The van der Waals surface area contributed by atoms with E-state index >= 15 is 0 Å². The number of furan rings is 1. The highest BCUT2D eigenvalue weighted by Crippen LogP contribution is 2.31. The third kappa shape index (κ3) is 3.87. The third-order valence-electron chi connectivity index (χ3n) is 4.70. The van der Waals surface area contributed by atoms with E-state index in [1.807, 2.05) is 41.8 Å². The molecular formula is C18H26N4O3. The van der Waals surface area contributed by atoms with E-state index in [0.717, 1.165) is 37.3 Å².